The van der Waals surface area contributed by atoms with Crippen molar-refractivity contribution in [2.24, 2.45) is 0 Å². The monoisotopic (exact) mass is 381 g/mol. The number of benzene rings is 2. The zero-order valence-electron chi connectivity index (χ0n) is 16.7. The second kappa shape index (κ2) is 8.05. The van der Waals surface area contributed by atoms with E-state index in [0.29, 0.717) is 24.2 Å². The second-order valence-electron chi connectivity index (χ2n) is 7.77. The summed E-state index contributed by atoms with van der Waals surface area (Å²) in [7, 11) is 0. The van der Waals surface area contributed by atoms with Gasteiger partial charge in [0, 0.05) is 11.3 Å². The Morgan fingerprint density at radius 2 is 1.61 bits per heavy atom. The Bertz CT molecular complexity index is 877. The largest absolute Gasteiger partial charge is 0.478 e. The molecule has 5 heteroatoms. The number of anilines is 1. The summed E-state index contributed by atoms with van der Waals surface area (Å²) in [5.41, 5.74) is 3.03. The minimum atomic E-state index is -1.16. The SMILES string of the molecule is Cc1cc(C)cc(NC(=O)c2ccc(OC3(C(=O)O)CCCCC3)c(C)c2)c1. The van der Waals surface area contributed by atoms with E-state index in [-0.39, 0.29) is 5.91 Å². The minimum absolute atomic E-state index is 0.203. The lowest BCUT2D eigenvalue weighted by atomic mass is 9.84. The van der Waals surface area contributed by atoms with E-state index in [1.54, 1.807) is 18.2 Å². The number of nitrogens with one attached hydrogen (secondary N) is 1. The first-order valence-corrected chi connectivity index (χ1v) is 9.72. The smallest absolute Gasteiger partial charge is 0.348 e. The van der Waals surface area contributed by atoms with Crippen LogP contribution in [0, 0.1) is 20.8 Å². The molecule has 1 amide bonds. The van der Waals surface area contributed by atoms with E-state index in [2.05, 4.69) is 11.4 Å². The summed E-state index contributed by atoms with van der Waals surface area (Å²) in [6.07, 6.45) is 3.76. The average molecular weight is 381 g/mol. The van der Waals surface area contributed by atoms with Gasteiger partial charge < -0.3 is 15.2 Å². The number of rotatable bonds is 5. The van der Waals surface area contributed by atoms with Gasteiger partial charge in [0.1, 0.15) is 5.75 Å². The van der Waals surface area contributed by atoms with Crippen molar-refractivity contribution in [3.05, 3.63) is 58.7 Å². The highest BCUT2D eigenvalue weighted by molar-refractivity contribution is 6.04. The van der Waals surface area contributed by atoms with Gasteiger partial charge in [0.25, 0.3) is 5.91 Å². The highest BCUT2D eigenvalue weighted by Gasteiger charge is 2.42. The van der Waals surface area contributed by atoms with Gasteiger partial charge in [-0.1, -0.05) is 12.5 Å². The molecule has 1 saturated carbocycles. The first kappa shape index (κ1) is 19.9. The van der Waals surface area contributed by atoms with Crippen LogP contribution in [0.3, 0.4) is 0 Å². The predicted octanol–water partition coefficient (Wildman–Crippen LogP) is 5.03. The Labute approximate surface area is 165 Å². The lowest BCUT2D eigenvalue weighted by Gasteiger charge is -2.34. The Balaban J connectivity index is 1.78. The van der Waals surface area contributed by atoms with E-state index in [9.17, 15) is 14.7 Å². The summed E-state index contributed by atoms with van der Waals surface area (Å²) in [6, 6.07) is 11.0. The minimum Gasteiger partial charge on any atom is -0.478 e. The standard InChI is InChI=1S/C23H27NO4/c1-15-11-16(2)13-19(12-15)24-21(25)18-7-8-20(17(3)14-18)28-23(22(26)27)9-5-4-6-10-23/h7-8,11-14H,4-6,9-10H2,1-3H3,(H,24,25)(H,26,27). The fraction of sp³-hybridized carbons (Fsp3) is 0.391. The van der Waals surface area contributed by atoms with E-state index >= 15 is 0 Å². The van der Waals surface area contributed by atoms with Crippen LogP contribution in [0.2, 0.25) is 0 Å². The van der Waals surface area contributed by atoms with E-state index in [0.717, 1.165) is 41.6 Å². The van der Waals surface area contributed by atoms with Gasteiger partial charge in [-0.25, -0.2) is 4.79 Å². The van der Waals surface area contributed by atoms with Crippen LogP contribution in [0.15, 0.2) is 36.4 Å². The third-order valence-corrected chi connectivity index (χ3v) is 5.27. The van der Waals surface area contributed by atoms with Gasteiger partial charge in [0.15, 0.2) is 0 Å². The van der Waals surface area contributed by atoms with E-state index in [1.165, 1.54) is 0 Å². The maximum atomic E-state index is 12.6. The van der Waals surface area contributed by atoms with Gasteiger partial charge in [-0.2, -0.15) is 0 Å². The molecule has 0 aromatic heterocycles. The highest BCUT2D eigenvalue weighted by atomic mass is 16.5. The van der Waals surface area contributed by atoms with E-state index in [1.807, 2.05) is 32.9 Å². The molecule has 148 valence electrons. The molecule has 0 spiro atoms. The summed E-state index contributed by atoms with van der Waals surface area (Å²) >= 11 is 0. The van der Waals surface area contributed by atoms with Gasteiger partial charge in [0.2, 0.25) is 5.60 Å². The average Bonchev–Trinajstić information content (AvgIpc) is 2.63. The summed E-state index contributed by atoms with van der Waals surface area (Å²) in [4.78, 5) is 24.5. The molecule has 0 unspecified atom stereocenters. The van der Waals surface area contributed by atoms with Crippen LogP contribution in [0.1, 0.15) is 59.2 Å². The third-order valence-electron chi connectivity index (χ3n) is 5.27. The summed E-state index contributed by atoms with van der Waals surface area (Å²) in [5, 5.41) is 12.6. The third kappa shape index (κ3) is 4.35. The fourth-order valence-corrected chi connectivity index (χ4v) is 3.85. The van der Waals surface area contributed by atoms with Crippen LogP contribution in [0.4, 0.5) is 5.69 Å². The first-order valence-electron chi connectivity index (χ1n) is 9.72. The lowest BCUT2D eigenvalue weighted by Crippen LogP contribution is -2.46. The van der Waals surface area contributed by atoms with Crippen LogP contribution >= 0.6 is 0 Å². The summed E-state index contributed by atoms with van der Waals surface area (Å²) in [5.74, 6) is -0.597. The molecular formula is C23H27NO4. The number of aliphatic carboxylic acids is 1. The zero-order valence-corrected chi connectivity index (χ0v) is 16.7. The zero-order chi connectivity index (χ0) is 20.3. The maximum absolute atomic E-state index is 12.6. The molecule has 0 saturated heterocycles. The summed E-state index contributed by atoms with van der Waals surface area (Å²) < 4.78 is 5.99. The van der Waals surface area contributed by atoms with Crippen molar-refractivity contribution in [2.75, 3.05) is 5.32 Å². The Morgan fingerprint density at radius 3 is 2.18 bits per heavy atom. The molecule has 2 N–H and O–H groups in total. The van der Waals surface area contributed by atoms with Crippen molar-refractivity contribution >= 4 is 17.6 Å². The number of hydrogen-bond donors (Lipinski definition) is 2. The Hall–Kier alpha value is -2.82. The molecule has 3 rings (SSSR count). The fourth-order valence-electron chi connectivity index (χ4n) is 3.85. The van der Waals surface area contributed by atoms with Gasteiger partial charge in [-0.05, 0) is 93.5 Å². The van der Waals surface area contributed by atoms with Crippen LogP contribution in [0.5, 0.6) is 5.75 Å². The molecule has 0 radical (unpaired) electrons. The molecule has 0 aliphatic heterocycles. The van der Waals surface area contributed by atoms with Crippen molar-refractivity contribution in [3.63, 3.8) is 0 Å². The normalized spacial score (nSPS) is 15.7. The first-order chi connectivity index (χ1) is 13.3. The Morgan fingerprint density at radius 1 is 0.964 bits per heavy atom. The van der Waals surface area contributed by atoms with Crippen molar-refractivity contribution in [1.82, 2.24) is 0 Å². The number of hydrogen-bond acceptors (Lipinski definition) is 3. The predicted molar refractivity (Wildman–Crippen MR) is 109 cm³/mol. The molecule has 0 heterocycles. The van der Waals surface area contributed by atoms with Crippen LogP contribution in [0.25, 0.3) is 0 Å². The van der Waals surface area contributed by atoms with Crippen molar-refractivity contribution in [1.29, 1.82) is 0 Å². The maximum Gasteiger partial charge on any atom is 0.348 e. The molecule has 0 bridgehead atoms. The highest BCUT2D eigenvalue weighted by Crippen LogP contribution is 2.35. The molecule has 1 aliphatic carbocycles. The number of carboxylic acids is 1. The molecular weight excluding hydrogens is 354 g/mol. The van der Waals surface area contributed by atoms with Crippen LogP contribution < -0.4 is 10.1 Å². The molecule has 0 atom stereocenters. The number of ether oxygens (including phenoxy) is 1. The molecule has 2 aromatic carbocycles. The van der Waals surface area contributed by atoms with Crippen molar-refractivity contribution in [3.8, 4) is 5.75 Å². The van der Waals surface area contributed by atoms with Gasteiger partial charge in [-0.15, -0.1) is 0 Å². The van der Waals surface area contributed by atoms with Crippen LogP contribution in [-0.2, 0) is 4.79 Å². The molecule has 2 aromatic rings. The molecule has 1 aliphatic rings. The number of carboxylic acid groups (broad SMARTS) is 1. The topological polar surface area (TPSA) is 75.6 Å². The van der Waals surface area contributed by atoms with Gasteiger partial charge in [0.05, 0.1) is 0 Å². The number of carbonyl (C=O) groups excluding carboxylic acids is 1. The second-order valence-corrected chi connectivity index (χ2v) is 7.77. The van der Waals surface area contributed by atoms with Crippen molar-refractivity contribution < 1.29 is 19.4 Å². The van der Waals surface area contributed by atoms with Crippen LogP contribution in [-0.4, -0.2) is 22.6 Å². The van der Waals surface area contributed by atoms with Crippen molar-refractivity contribution in [2.45, 2.75) is 58.5 Å². The summed E-state index contributed by atoms with van der Waals surface area (Å²) in [6.45, 7) is 5.81. The van der Waals surface area contributed by atoms with E-state index < -0.39 is 11.6 Å². The van der Waals surface area contributed by atoms with Gasteiger partial charge >= 0.3 is 5.97 Å². The molecule has 28 heavy (non-hydrogen) atoms. The number of amides is 1. The number of aryl methyl sites for hydroxylation is 3. The molecule has 1 fully saturated rings. The lowest BCUT2D eigenvalue weighted by molar-refractivity contribution is -0.158. The van der Waals surface area contributed by atoms with E-state index in [4.69, 9.17) is 4.74 Å². The number of carbonyl (C=O) groups is 2. The molecule has 5 nitrogen and oxygen atoms in total. The quantitative estimate of drug-likeness (QED) is 0.762. The Kier molecular flexibility index (Phi) is 5.73. The van der Waals surface area contributed by atoms with Gasteiger partial charge in [-0.3, -0.25) is 4.79 Å².